The second kappa shape index (κ2) is 12.8. The molecule has 0 saturated carbocycles. The summed E-state index contributed by atoms with van der Waals surface area (Å²) in [5.74, 6) is -0.280. The van der Waals surface area contributed by atoms with Crippen LogP contribution in [0.3, 0.4) is 0 Å². The minimum Gasteiger partial charge on any atom is -0.482 e. The number of benzene rings is 3. The second-order valence-corrected chi connectivity index (χ2v) is 9.66. The summed E-state index contributed by atoms with van der Waals surface area (Å²) in [6, 6.07) is 20.7. The fraction of sp³-hybridized carbons (Fsp3) is 0.259. The van der Waals surface area contributed by atoms with Crippen molar-refractivity contribution < 1.29 is 14.3 Å². The zero-order valence-electron chi connectivity index (χ0n) is 19.5. The Bertz CT molecular complexity index is 1160. The number of nitrogens with zero attached hydrogens (tertiary/aromatic N) is 1. The van der Waals surface area contributed by atoms with Gasteiger partial charge in [-0.1, -0.05) is 77.3 Å². The minimum atomic E-state index is -0.768. The molecule has 3 rings (SSSR count). The minimum absolute atomic E-state index is 0.0898. The first-order chi connectivity index (χ1) is 16.7. The van der Waals surface area contributed by atoms with Gasteiger partial charge in [-0.05, 0) is 55.3 Å². The number of amides is 2. The molecule has 3 aromatic carbocycles. The summed E-state index contributed by atoms with van der Waals surface area (Å²) in [4.78, 5) is 28.4. The third-order valence-electron chi connectivity index (χ3n) is 5.19. The monoisotopic (exact) mass is 532 g/mol. The molecule has 0 unspecified atom stereocenters. The molecule has 0 aliphatic rings. The quantitative estimate of drug-likeness (QED) is 0.338. The zero-order chi connectivity index (χ0) is 25.4. The van der Waals surface area contributed by atoms with Gasteiger partial charge < -0.3 is 15.0 Å². The van der Waals surface area contributed by atoms with Gasteiger partial charge in [0.1, 0.15) is 11.8 Å². The Morgan fingerprint density at radius 1 is 0.886 bits per heavy atom. The number of ether oxygens (including phenoxy) is 1. The summed E-state index contributed by atoms with van der Waals surface area (Å²) in [6.45, 7) is 3.64. The van der Waals surface area contributed by atoms with Crippen molar-refractivity contribution in [2.45, 2.75) is 38.9 Å². The highest BCUT2D eigenvalue weighted by atomic mass is 35.5. The van der Waals surface area contributed by atoms with Gasteiger partial charge >= 0.3 is 0 Å². The molecule has 8 heteroatoms. The van der Waals surface area contributed by atoms with Gasteiger partial charge in [0.2, 0.25) is 5.91 Å². The van der Waals surface area contributed by atoms with Gasteiger partial charge in [-0.2, -0.15) is 0 Å². The van der Waals surface area contributed by atoms with Crippen LogP contribution in [0.4, 0.5) is 0 Å². The maximum Gasteiger partial charge on any atom is 0.261 e. The first-order valence-electron chi connectivity index (χ1n) is 11.2. The summed E-state index contributed by atoms with van der Waals surface area (Å²) < 4.78 is 5.72. The third-order valence-corrected chi connectivity index (χ3v) is 5.95. The van der Waals surface area contributed by atoms with Crippen LogP contribution in [-0.4, -0.2) is 35.4 Å². The molecule has 0 saturated heterocycles. The largest absolute Gasteiger partial charge is 0.482 e. The molecule has 5 nitrogen and oxygen atoms in total. The number of halogens is 3. The fourth-order valence-electron chi connectivity index (χ4n) is 3.58. The van der Waals surface area contributed by atoms with E-state index in [0.29, 0.717) is 27.2 Å². The van der Waals surface area contributed by atoms with Crippen LogP contribution in [0.5, 0.6) is 5.75 Å². The van der Waals surface area contributed by atoms with Crippen molar-refractivity contribution in [3.05, 3.63) is 99.0 Å². The van der Waals surface area contributed by atoms with E-state index < -0.39 is 6.04 Å². The highest BCUT2D eigenvalue weighted by Gasteiger charge is 2.31. The van der Waals surface area contributed by atoms with Gasteiger partial charge in [-0.3, -0.25) is 9.59 Å². The van der Waals surface area contributed by atoms with Crippen LogP contribution in [0.1, 0.15) is 25.0 Å². The second-order valence-electron chi connectivity index (χ2n) is 8.38. The first-order valence-corrected chi connectivity index (χ1v) is 12.3. The van der Waals surface area contributed by atoms with Crippen LogP contribution in [0.25, 0.3) is 0 Å². The molecule has 2 amide bonds. The predicted octanol–water partition coefficient (Wildman–Crippen LogP) is 6.19. The van der Waals surface area contributed by atoms with Crippen LogP contribution in [0, 0.1) is 0 Å². The lowest BCUT2D eigenvalue weighted by Crippen LogP contribution is -2.52. The summed E-state index contributed by atoms with van der Waals surface area (Å²) in [5.41, 5.74) is 1.73. The highest BCUT2D eigenvalue weighted by Crippen LogP contribution is 2.27. The van der Waals surface area contributed by atoms with Crippen LogP contribution in [0.15, 0.2) is 72.8 Å². The summed E-state index contributed by atoms with van der Waals surface area (Å²) in [5, 5.41) is 4.25. The van der Waals surface area contributed by atoms with Gasteiger partial charge in [0.25, 0.3) is 5.91 Å². The van der Waals surface area contributed by atoms with Crippen molar-refractivity contribution in [2.75, 3.05) is 6.61 Å². The molecule has 3 aromatic rings. The predicted molar refractivity (Wildman–Crippen MR) is 141 cm³/mol. The SMILES string of the molecule is CC(C)NC(=O)[C@@H](Cc1ccccc1)N(Cc1cccc(Cl)c1)C(=O)COc1ccc(Cl)cc1Cl. The summed E-state index contributed by atoms with van der Waals surface area (Å²) >= 11 is 18.3. The molecule has 0 spiro atoms. The molecule has 0 bridgehead atoms. The highest BCUT2D eigenvalue weighted by molar-refractivity contribution is 6.35. The fourth-order valence-corrected chi connectivity index (χ4v) is 4.26. The Hall–Kier alpha value is -2.73. The van der Waals surface area contributed by atoms with E-state index in [1.54, 1.807) is 30.3 Å². The molecule has 1 N–H and O–H groups in total. The molecule has 0 heterocycles. The summed E-state index contributed by atoms with van der Waals surface area (Å²) in [6.07, 6.45) is 0.341. The molecule has 0 aliphatic heterocycles. The van der Waals surface area contributed by atoms with E-state index in [1.807, 2.05) is 56.3 Å². The Labute approximate surface area is 220 Å². The van der Waals surface area contributed by atoms with E-state index in [9.17, 15) is 9.59 Å². The smallest absolute Gasteiger partial charge is 0.261 e. The van der Waals surface area contributed by atoms with Crippen molar-refractivity contribution in [1.29, 1.82) is 0 Å². The van der Waals surface area contributed by atoms with Crippen molar-refractivity contribution in [2.24, 2.45) is 0 Å². The van der Waals surface area contributed by atoms with E-state index >= 15 is 0 Å². The Morgan fingerprint density at radius 2 is 1.57 bits per heavy atom. The van der Waals surface area contributed by atoms with Gasteiger partial charge in [-0.15, -0.1) is 0 Å². The molecule has 1 atom stereocenters. The number of carbonyl (C=O) groups excluding carboxylic acids is 2. The van der Waals surface area contributed by atoms with E-state index in [2.05, 4.69) is 5.32 Å². The molecule has 184 valence electrons. The van der Waals surface area contributed by atoms with Gasteiger partial charge in [0, 0.05) is 29.1 Å². The molecule has 0 aromatic heterocycles. The molecule has 0 aliphatic carbocycles. The Kier molecular flexibility index (Phi) is 9.84. The molecular formula is C27H27Cl3N2O3. The topological polar surface area (TPSA) is 58.6 Å². The molecule has 35 heavy (non-hydrogen) atoms. The lowest BCUT2D eigenvalue weighted by Gasteiger charge is -2.32. The third kappa shape index (κ3) is 8.17. The molecule has 0 fully saturated rings. The van der Waals surface area contributed by atoms with E-state index in [4.69, 9.17) is 39.5 Å². The van der Waals surface area contributed by atoms with Crippen LogP contribution < -0.4 is 10.1 Å². The van der Waals surface area contributed by atoms with Gasteiger partial charge in [0.05, 0.1) is 5.02 Å². The van der Waals surface area contributed by atoms with Crippen molar-refractivity contribution >= 4 is 46.6 Å². The maximum atomic E-state index is 13.5. The van der Waals surface area contributed by atoms with Gasteiger partial charge in [-0.25, -0.2) is 0 Å². The first kappa shape index (κ1) is 26.9. The number of hydrogen-bond donors (Lipinski definition) is 1. The van der Waals surface area contributed by atoms with Crippen molar-refractivity contribution in [1.82, 2.24) is 10.2 Å². The zero-order valence-corrected chi connectivity index (χ0v) is 21.8. The van der Waals surface area contributed by atoms with E-state index in [-0.39, 0.29) is 31.0 Å². The number of nitrogens with one attached hydrogen (secondary N) is 1. The molecule has 0 radical (unpaired) electrons. The average Bonchev–Trinajstić information content (AvgIpc) is 2.81. The number of carbonyl (C=O) groups is 2. The standard InChI is InChI=1S/C27H27Cl3N2O3/c1-18(2)31-27(34)24(14-19-7-4-3-5-8-19)32(16-20-9-6-10-21(28)13-20)26(33)17-35-25-12-11-22(29)15-23(25)30/h3-13,15,18,24H,14,16-17H2,1-2H3,(H,31,34)/t24-/m1/s1. The van der Waals surface area contributed by atoms with Crippen LogP contribution in [0.2, 0.25) is 15.1 Å². The van der Waals surface area contributed by atoms with Crippen LogP contribution in [-0.2, 0) is 22.6 Å². The maximum absolute atomic E-state index is 13.5. The molecular weight excluding hydrogens is 507 g/mol. The average molecular weight is 534 g/mol. The Balaban J connectivity index is 1.92. The summed E-state index contributed by atoms with van der Waals surface area (Å²) in [7, 11) is 0. The number of hydrogen-bond acceptors (Lipinski definition) is 3. The van der Waals surface area contributed by atoms with Crippen molar-refractivity contribution in [3.8, 4) is 5.75 Å². The van der Waals surface area contributed by atoms with E-state index in [0.717, 1.165) is 11.1 Å². The normalized spacial score (nSPS) is 11.7. The lowest BCUT2D eigenvalue weighted by molar-refractivity contribution is -0.143. The van der Waals surface area contributed by atoms with Gasteiger partial charge in [0.15, 0.2) is 6.61 Å². The van der Waals surface area contributed by atoms with Crippen molar-refractivity contribution in [3.63, 3.8) is 0 Å². The van der Waals surface area contributed by atoms with E-state index in [1.165, 1.54) is 4.90 Å². The van der Waals surface area contributed by atoms with Crippen LogP contribution >= 0.6 is 34.8 Å². The lowest BCUT2D eigenvalue weighted by atomic mass is 10.0. The number of rotatable bonds is 10. The Morgan fingerprint density at radius 3 is 2.23 bits per heavy atom.